The van der Waals surface area contributed by atoms with Gasteiger partial charge in [-0.2, -0.15) is 5.26 Å². The van der Waals surface area contributed by atoms with Gasteiger partial charge >= 0.3 is 0 Å². The maximum absolute atomic E-state index is 9.06. The van der Waals surface area contributed by atoms with E-state index in [0.717, 1.165) is 0 Å². The zero-order valence-electron chi connectivity index (χ0n) is 10.5. The average molecular weight is 219 g/mol. The Balaban J connectivity index is 1.81. The first-order valence-electron chi connectivity index (χ1n) is 7.27. The maximum atomic E-state index is 9.06. The Hall–Kier alpha value is -0.510. The van der Waals surface area contributed by atoms with Gasteiger partial charge in [0.1, 0.15) is 0 Å². The average Bonchev–Trinajstić information content (AvgIpc) is 2.98. The second-order valence-electron chi connectivity index (χ2n) is 5.93. The van der Waals surface area contributed by atoms with E-state index < -0.39 is 0 Å². The first kappa shape index (κ1) is 12.0. The van der Waals surface area contributed by atoms with Crippen molar-refractivity contribution in [1.29, 1.82) is 5.26 Å². The van der Waals surface area contributed by atoms with Crippen LogP contribution in [0.4, 0.5) is 0 Å². The molecule has 2 fully saturated rings. The molecule has 0 saturated heterocycles. The molecule has 1 atom stereocenters. The molecule has 2 aliphatic rings. The van der Waals surface area contributed by atoms with Gasteiger partial charge in [-0.05, 0) is 24.7 Å². The summed E-state index contributed by atoms with van der Waals surface area (Å²) in [6, 6.07) is 2.51. The lowest BCUT2D eigenvalue weighted by molar-refractivity contribution is 0.361. The molecule has 0 aromatic heterocycles. The Labute approximate surface area is 100 Å². The Morgan fingerprint density at radius 2 is 1.19 bits per heavy atom. The standard InChI is InChI=1S/C15H25N/c16-13-14-12-15(14)10-8-6-4-2-1-3-5-7-9-11-15/h14H,1-12H2. The van der Waals surface area contributed by atoms with Crippen molar-refractivity contribution < 1.29 is 0 Å². The van der Waals surface area contributed by atoms with Crippen LogP contribution in [0.25, 0.3) is 0 Å². The van der Waals surface area contributed by atoms with E-state index in [0.29, 0.717) is 11.3 Å². The minimum atomic E-state index is 0.412. The fourth-order valence-electron chi connectivity index (χ4n) is 3.40. The molecule has 1 spiro atoms. The molecule has 0 aromatic rings. The highest BCUT2D eigenvalue weighted by molar-refractivity contribution is 5.12. The van der Waals surface area contributed by atoms with Crippen LogP contribution < -0.4 is 0 Å². The van der Waals surface area contributed by atoms with Crippen molar-refractivity contribution in [1.82, 2.24) is 0 Å². The molecule has 16 heavy (non-hydrogen) atoms. The predicted octanol–water partition coefficient (Wildman–Crippen LogP) is 4.82. The summed E-state index contributed by atoms with van der Waals surface area (Å²) in [5.74, 6) is 0.412. The van der Waals surface area contributed by atoms with E-state index in [4.69, 9.17) is 5.26 Å². The van der Waals surface area contributed by atoms with Gasteiger partial charge in [0.25, 0.3) is 0 Å². The zero-order chi connectivity index (χ0) is 11.3. The van der Waals surface area contributed by atoms with Crippen LogP contribution in [0.2, 0.25) is 0 Å². The number of nitrogens with zero attached hydrogens (tertiary/aromatic N) is 1. The van der Waals surface area contributed by atoms with E-state index in [2.05, 4.69) is 6.07 Å². The molecule has 1 heteroatoms. The molecular weight excluding hydrogens is 194 g/mol. The van der Waals surface area contributed by atoms with Crippen LogP contribution in [0.1, 0.15) is 77.0 Å². The van der Waals surface area contributed by atoms with Gasteiger partial charge in [-0.1, -0.05) is 57.8 Å². The van der Waals surface area contributed by atoms with Crippen molar-refractivity contribution >= 4 is 0 Å². The van der Waals surface area contributed by atoms with Gasteiger partial charge in [-0.25, -0.2) is 0 Å². The van der Waals surface area contributed by atoms with Crippen molar-refractivity contribution in [3.63, 3.8) is 0 Å². The lowest BCUT2D eigenvalue weighted by Gasteiger charge is -2.16. The summed E-state index contributed by atoms with van der Waals surface area (Å²) in [4.78, 5) is 0. The van der Waals surface area contributed by atoms with E-state index in [1.165, 1.54) is 77.0 Å². The summed E-state index contributed by atoms with van der Waals surface area (Å²) in [5, 5.41) is 9.06. The van der Waals surface area contributed by atoms with Crippen LogP contribution in [0.3, 0.4) is 0 Å². The molecule has 2 rings (SSSR count). The summed E-state index contributed by atoms with van der Waals surface area (Å²) >= 11 is 0. The van der Waals surface area contributed by atoms with Crippen molar-refractivity contribution in [3.05, 3.63) is 0 Å². The zero-order valence-corrected chi connectivity index (χ0v) is 10.5. The smallest absolute Gasteiger partial charge is 0.0661 e. The Kier molecular flexibility index (Phi) is 4.27. The highest BCUT2D eigenvalue weighted by Gasteiger charge is 2.52. The molecule has 0 bridgehead atoms. The molecular formula is C15H25N. The van der Waals surface area contributed by atoms with Gasteiger partial charge in [-0.15, -0.1) is 0 Å². The fourth-order valence-corrected chi connectivity index (χ4v) is 3.40. The summed E-state index contributed by atoms with van der Waals surface area (Å²) in [6.45, 7) is 0. The molecule has 2 aliphatic carbocycles. The lowest BCUT2D eigenvalue weighted by Crippen LogP contribution is -2.04. The van der Waals surface area contributed by atoms with E-state index >= 15 is 0 Å². The third kappa shape index (κ3) is 3.00. The van der Waals surface area contributed by atoms with E-state index in [9.17, 15) is 0 Å². The van der Waals surface area contributed by atoms with Crippen molar-refractivity contribution in [2.75, 3.05) is 0 Å². The summed E-state index contributed by atoms with van der Waals surface area (Å²) in [5.41, 5.74) is 0.480. The number of rotatable bonds is 0. The molecule has 0 N–H and O–H groups in total. The van der Waals surface area contributed by atoms with Crippen molar-refractivity contribution in [2.45, 2.75) is 77.0 Å². The maximum Gasteiger partial charge on any atom is 0.0661 e. The molecule has 0 aliphatic heterocycles. The summed E-state index contributed by atoms with van der Waals surface area (Å²) < 4.78 is 0. The molecule has 0 aromatic carbocycles. The molecule has 2 saturated carbocycles. The summed E-state index contributed by atoms with van der Waals surface area (Å²) in [7, 11) is 0. The van der Waals surface area contributed by atoms with Crippen LogP contribution in [0.5, 0.6) is 0 Å². The monoisotopic (exact) mass is 219 g/mol. The quantitative estimate of drug-likeness (QED) is 0.573. The predicted molar refractivity (Wildman–Crippen MR) is 66.9 cm³/mol. The molecule has 0 amide bonds. The Morgan fingerprint density at radius 1 is 0.750 bits per heavy atom. The normalized spacial score (nSPS) is 31.1. The van der Waals surface area contributed by atoms with Crippen molar-refractivity contribution in [3.8, 4) is 6.07 Å². The lowest BCUT2D eigenvalue weighted by atomic mass is 9.88. The third-order valence-corrected chi connectivity index (χ3v) is 4.69. The Bertz CT molecular complexity index is 239. The summed E-state index contributed by atoms with van der Waals surface area (Å²) in [6.07, 6.45) is 16.6. The van der Waals surface area contributed by atoms with Crippen LogP contribution in [-0.2, 0) is 0 Å². The minimum absolute atomic E-state index is 0.412. The fraction of sp³-hybridized carbons (Fsp3) is 0.933. The largest absolute Gasteiger partial charge is 0.198 e. The second kappa shape index (κ2) is 5.71. The van der Waals surface area contributed by atoms with Gasteiger partial charge < -0.3 is 0 Å². The first-order valence-corrected chi connectivity index (χ1v) is 7.27. The van der Waals surface area contributed by atoms with Gasteiger partial charge in [0.2, 0.25) is 0 Å². The van der Waals surface area contributed by atoms with E-state index in [1.807, 2.05) is 0 Å². The number of nitriles is 1. The molecule has 0 heterocycles. The highest BCUT2D eigenvalue weighted by atomic mass is 14.6. The minimum Gasteiger partial charge on any atom is -0.198 e. The second-order valence-corrected chi connectivity index (χ2v) is 5.93. The van der Waals surface area contributed by atoms with Crippen molar-refractivity contribution in [2.24, 2.45) is 11.3 Å². The van der Waals surface area contributed by atoms with Crippen LogP contribution in [-0.4, -0.2) is 0 Å². The molecule has 1 nitrogen and oxygen atoms in total. The third-order valence-electron chi connectivity index (χ3n) is 4.69. The number of hydrogen-bond donors (Lipinski definition) is 0. The topological polar surface area (TPSA) is 23.8 Å². The van der Waals surface area contributed by atoms with Crippen LogP contribution >= 0.6 is 0 Å². The molecule has 1 unspecified atom stereocenters. The van der Waals surface area contributed by atoms with Gasteiger partial charge in [-0.3, -0.25) is 0 Å². The number of hydrogen-bond acceptors (Lipinski definition) is 1. The van der Waals surface area contributed by atoms with E-state index in [-0.39, 0.29) is 0 Å². The SMILES string of the molecule is N#CC1CC12CCCCCCCCCCC2. The molecule has 0 radical (unpaired) electrons. The van der Waals surface area contributed by atoms with Gasteiger partial charge in [0.15, 0.2) is 0 Å². The van der Waals surface area contributed by atoms with E-state index in [1.54, 1.807) is 0 Å². The van der Waals surface area contributed by atoms with Crippen LogP contribution in [0.15, 0.2) is 0 Å². The van der Waals surface area contributed by atoms with Gasteiger partial charge in [0, 0.05) is 0 Å². The first-order chi connectivity index (χ1) is 7.87. The Morgan fingerprint density at radius 3 is 1.56 bits per heavy atom. The van der Waals surface area contributed by atoms with Gasteiger partial charge in [0.05, 0.1) is 12.0 Å². The highest BCUT2D eigenvalue weighted by Crippen LogP contribution is 2.59. The van der Waals surface area contributed by atoms with Crippen LogP contribution in [0, 0.1) is 22.7 Å². The molecule has 90 valence electrons.